The summed E-state index contributed by atoms with van der Waals surface area (Å²) in [6.07, 6.45) is 6.75. The maximum atomic E-state index is 6.16. The molecule has 1 aliphatic carbocycles. The number of aromatic nitrogens is 2. The molecule has 112 valence electrons. The van der Waals surface area contributed by atoms with Crippen molar-refractivity contribution in [2.24, 2.45) is 5.92 Å². The summed E-state index contributed by atoms with van der Waals surface area (Å²) >= 11 is 3.23. The summed E-state index contributed by atoms with van der Waals surface area (Å²) in [5, 5.41) is 4.43. The van der Waals surface area contributed by atoms with Crippen molar-refractivity contribution in [2.45, 2.75) is 45.1 Å². The van der Waals surface area contributed by atoms with Crippen molar-refractivity contribution in [3.8, 4) is 11.3 Å². The van der Waals surface area contributed by atoms with Gasteiger partial charge in [0.25, 0.3) is 0 Å². The molecule has 1 aliphatic heterocycles. The van der Waals surface area contributed by atoms with Gasteiger partial charge in [0.15, 0.2) is 0 Å². The molecule has 0 radical (unpaired) electrons. The van der Waals surface area contributed by atoms with Crippen LogP contribution in [0.3, 0.4) is 0 Å². The second-order valence-corrected chi connectivity index (χ2v) is 7.91. The van der Waals surface area contributed by atoms with Crippen molar-refractivity contribution in [1.29, 1.82) is 0 Å². The van der Waals surface area contributed by atoms with Gasteiger partial charge in [0.05, 0.1) is 16.3 Å². The average Bonchev–Trinajstić information content (AvgIpc) is 3.17. The van der Waals surface area contributed by atoms with Crippen LogP contribution >= 0.6 is 22.9 Å². The molecule has 0 aromatic carbocycles. The van der Waals surface area contributed by atoms with Crippen molar-refractivity contribution < 1.29 is 0 Å². The molecule has 21 heavy (non-hydrogen) atoms. The van der Waals surface area contributed by atoms with E-state index in [1.165, 1.54) is 37.1 Å². The van der Waals surface area contributed by atoms with Gasteiger partial charge in [-0.05, 0) is 50.1 Å². The van der Waals surface area contributed by atoms with E-state index in [1.54, 1.807) is 22.9 Å². The van der Waals surface area contributed by atoms with E-state index in [9.17, 15) is 0 Å². The van der Waals surface area contributed by atoms with Crippen LogP contribution in [-0.4, -0.2) is 21.9 Å². The minimum atomic E-state index is 0.639. The highest BCUT2D eigenvalue weighted by Crippen LogP contribution is 2.46. The highest BCUT2D eigenvalue weighted by molar-refractivity contribution is 7.11. The van der Waals surface area contributed by atoms with Crippen LogP contribution in [-0.2, 0) is 0 Å². The number of nitrogen functional groups attached to an aromatic ring is 1. The number of nitrogens with zero attached hydrogens (tertiary/aromatic N) is 3. The molecular weight excluding hydrogens is 300 g/mol. The lowest BCUT2D eigenvalue weighted by molar-refractivity contribution is 0.364. The second-order valence-electron chi connectivity index (χ2n) is 6.09. The van der Waals surface area contributed by atoms with Gasteiger partial charge in [-0.3, -0.25) is 0 Å². The summed E-state index contributed by atoms with van der Waals surface area (Å²) in [7, 11) is 0. The molecule has 1 saturated carbocycles. The van der Waals surface area contributed by atoms with Crippen LogP contribution in [0.1, 0.15) is 37.1 Å². The smallest absolute Gasteiger partial charge is 0.148 e. The first kappa shape index (κ1) is 13.5. The van der Waals surface area contributed by atoms with Gasteiger partial charge in [0.1, 0.15) is 10.8 Å². The Morgan fingerprint density at radius 1 is 1.29 bits per heavy atom. The topological polar surface area (TPSA) is 55.0 Å². The van der Waals surface area contributed by atoms with Gasteiger partial charge in [0.2, 0.25) is 0 Å². The third-order valence-corrected chi connectivity index (χ3v) is 6.50. The molecule has 2 aliphatic rings. The number of rotatable bonds is 2. The lowest BCUT2D eigenvalue weighted by Crippen LogP contribution is -2.42. The van der Waals surface area contributed by atoms with E-state index in [1.807, 2.05) is 6.92 Å². The predicted molar refractivity (Wildman–Crippen MR) is 90.1 cm³/mol. The van der Waals surface area contributed by atoms with Gasteiger partial charge in [-0.15, -0.1) is 11.3 Å². The monoisotopic (exact) mass is 320 g/mol. The molecule has 0 amide bonds. The van der Waals surface area contributed by atoms with E-state index in [2.05, 4.69) is 19.6 Å². The normalized spacial score (nSPS) is 25.3. The zero-order valence-corrected chi connectivity index (χ0v) is 13.8. The molecular formula is C15H20N4S2. The number of fused-ring (bicyclic) bond motifs is 1. The van der Waals surface area contributed by atoms with Gasteiger partial charge >= 0.3 is 0 Å². The van der Waals surface area contributed by atoms with Crippen molar-refractivity contribution in [3.05, 3.63) is 10.4 Å². The molecule has 2 atom stereocenters. The molecule has 0 spiro atoms. The molecule has 3 heterocycles. The Labute approximate surface area is 133 Å². The number of thiazole rings is 1. The van der Waals surface area contributed by atoms with Gasteiger partial charge in [0, 0.05) is 18.0 Å². The molecule has 4 rings (SSSR count). The molecule has 6 heteroatoms. The number of anilines is 2. The summed E-state index contributed by atoms with van der Waals surface area (Å²) in [4.78, 5) is 7.22. The van der Waals surface area contributed by atoms with Crippen LogP contribution in [0.5, 0.6) is 0 Å². The first-order chi connectivity index (χ1) is 10.2. The fraction of sp³-hybridized carbons (Fsp3) is 0.600. The molecule has 1 saturated heterocycles. The molecule has 2 fully saturated rings. The predicted octanol–water partition coefficient (Wildman–Crippen LogP) is 3.93. The third-order valence-electron chi connectivity index (χ3n) is 4.83. The largest absolute Gasteiger partial charge is 0.382 e. The SMILES string of the molecule is Cc1nc(-c2c(N)nsc2N2CCCC3CCCC32)cs1. The quantitative estimate of drug-likeness (QED) is 0.911. The van der Waals surface area contributed by atoms with E-state index in [0.717, 1.165) is 28.7 Å². The zero-order valence-electron chi connectivity index (χ0n) is 12.2. The van der Waals surface area contributed by atoms with Crippen LogP contribution < -0.4 is 10.6 Å². The molecule has 2 aromatic rings. The highest BCUT2D eigenvalue weighted by atomic mass is 32.1. The van der Waals surface area contributed by atoms with Crippen molar-refractivity contribution in [3.63, 3.8) is 0 Å². The molecule has 2 aromatic heterocycles. The van der Waals surface area contributed by atoms with Crippen LogP contribution in [0.25, 0.3) is 11.3 Å². The highest BCUT2D eigenvalue weighted by Gasteiger charge is 2.37. The van der Waals surface area contributed by atoms with Crippen molar-refractivity contribution in [1.82, 2.24) is 9.36 Å². The number of piperidine rings is 1. The first-order valence-corrected chi connectivity index (χ1v) is 9.33. The van der Waals surface area contributed by atoms with E-state index >= 15 is 0 Å². The van der Waals surface area contributed by atoms with Crippen LogP contribution in [0.4, 0.5) is 10.8 Å². The van der Waals surface area contributed by atoms with Crippen molar-refractivity contribution in [2.75, 3.05) is 17.2 Å². The van der Waals surface area contributed by atoms with Gasteiger partial charge in [-0.2, -0.15) is 4.37 Å². The summed E-state index contributed by atoms with van der Waals surface area (Å²) in [6.45, 7) is 3.18. The number of aryl methyl sites for hydroxylation is 1. The van der Waals surface area contributed by atoms with E-state index in [0.29, 0.717) is 11.9 Å². The maximum Gasteiger partial charge on any atom is 0.148 e. The Kier molecular flexibility index (Phi) is 3.38. The zero-order chi connectivity index (χ0) is 14.4. The molecule has 2 unspecified atom stereocenters. The summed E-state index contributed by atoms with van der Waals surface area (Å²) in [5.74, 6) is 1.51. The van der Waals surface area contributed by atoms with E-state index in [-0.39, 0.29) is 0 Å². The van der Waals surface area contributed by atoms with Gasteiger partial charge in [-0.1, -0.05) is 6.42 Å². The Morgan fingerprint density at radius 3 is 2.95 bits per heavy atom. The summed E-state index contributed by atoms with van der Waals surface area (Å²) in [6, 6.07) is 0.692. The van der Waals surface area contributed by atoms with Crippen molar-refractivity contribution >= 4 is 33.7 Å². The number of hydrogen-bond acceptors (Lipinski definition) is 6. The number of hydrogen-bond donors (Lipinski definition) is 1. The fourth-order valence-corrected chi connectivity index (χ4v) is 5.43. The van der Waals surface area contributed by atoms with Crippen LogP contribution in [0, 0.1) is 12.8 Å². The summed E-state index contributed by atoms with van der Waals surface area (Å²) in [5.41, 5.74) is 8.23. The molecule has 2 N–H and O–H groups in total. The Balaban J connectivity index is 1.75. The van der Waals surface area contributed by atoms with Crippen LogP contribution in [0.15, 0.2) is 5.38 Å². The maximum absolute atomic E-state index is 6.16. The van der Waals surface area contributed by atoms with Gasteiger partial charge < -0.3 is 10.6 Å². The van der Waals surface area contributed by atoms with Gasteiger partial charge in [-0.25, -0.2) is 4.98 Å². The second kappa shape index (κ2) is 5.25. The first-order valence-electron chi connectivity index (χ1n) is 7.68. The average molecular weight is 320 g/mol. The standard InChI is InChI=1S/C15H20N4S2/c1-9-17-11(8-20-9)13-14(16)18-21-15(13)19-7-3-5-10-4-2-6-12(10)19/h8,10,12H,2-7H2,1H3,(H2,16,18). The third kappa shape index (κ3) is 2.25. The lowest BCUT2D eigenvalue weighted by Gasteiger charge is -2.38. The Bertz CT molecular complexity index is 648. The lowest BCUT2D eigenvalue weighted by atomic mass is 9.92. The van der Waals surface area contributed by atoms with E-state index in [4.69, 9.17) is 5.73 Å². The molecule has 4 nitrogen and oxygen atoms in total. The van der Waals surface area contributed by atoms with Crippen LogP contribution in [0.2, 0.25) is 0 Å². The minimum absolute atomic E-state index is 0.639. The fourth-order valence-electron chi connectivity index (χ4n) is 3.91. The summed E-state index contributed by atoms with van der Waals surface area (Å²) < 4.78 is 4.43. The number of nitrogens with two attached hydrogens (primary N) is 1. The Morgan fingerprint density at radius 2 is 2.14 bits per heavy atom. The molecule has 0 bridgehead atoms. The van der Waals surface area contributed by atoms with E-state index < -0.39 is 0 Å². The minimum Gasteiger partial charge on any atom is -0.382 e. The Hall–Kier alpha value is -1.14.